The van der Waals surface area contributed by atoms with Crippen LogP contribution in [0.15, 0.2) is 83.3 Å². The molecule has 0 aliphatic heterocycles. The van der Waals surface area contributed by atoms with Crippen LogP contribution in [0.5, 0.6) is 5.75 Å². The van der Waals surface area contributed by atoms with Gasteiger partial charge in [-0.15, -0.1) is 0 Å². The number of rotatable bonds is 6. The minimum atomic E-state index is 0.500. The molecule has 0 spiro atoms. The molecule has 4 rings (SSSR count). The molecule has 0 atom stereocenters. The number of nitrogens with one attached hydrogen (secondary N) is 1. The van der Waals surface area contributed by atoms with Gasteiger partial charge in [-0.05, 0) is 65.2 Å². The Morgan fingerprint density at radius 1 is 0.931 bits per heavy atom. The zero-order valence-electron chi connectivity index (χ0n) is 16.1. The van der Waals surface area contributed by atoms with Crippen LogP contribution in [0.25, 0.3) is 10.8 Å². The lowest BCUT2D eigenvalue weighted by atomic mass is 10.0. The third-order valence-electron chi connectivity index (χ3n) is 4.95. The predicted octanol–water partition coefficient (Wildman–Crippen LogP) is 7.76. The van der Waals surface area contributed by atoms with Crippen molar-refractivity contribution in [2.45, 2.75) is 20.1 Å². The van der Waals surface area contributed by atoms with Gasteiger partial charge in [-0.1, -0.05) is 70.0 Å². The highest BCUT2D eigenvalue weighted by atomic mass is 79.9. The number of benzene rings is 4. The summed E-state index contributed by atoms with van der Waals surface area (Å²) in [4.78, 5) is 0. The van der Waals surface area contributed by atoms with Crippen molar-refractivity contribution in [1.82, 2.24) is 0 Å². The van der Waals surface area contributed by atoms with Gasteiger partial charge in [0, 0.05) is 27.3 Å². The molecule has 1 N–H and O–H groups in total. The highest BCUT2D eigenvalue weighted by Crippen LogP contribution is 2.30. The van der Waals surface area contributed by atoms with Crippen molar-refractivity contribution in [3.05, 3.63) is 105 Å². The first-order valence-electron chi connectivity index (χ1n) is 9.48. The molecular formula is C25H21BrClNO. The van der Waals surface area contributed by atoms with E-state index in [1.54, 1.807) is 0 Å². The number of aryl methyl sites for hydroxylation is 1. The van der Waals surface area contributed by atoms with Gasteiger partial charge in [0.1, 0.15) is 12.4 Å². The molecule has 0 saturated carbocycles. The van der Waals surface area contributed by atoms with Gasteiger partial charge in [0.15, 0.2) is 0 Å². The molecule has 0 amide bonds. The topological polar surface area (TPSA) is 21.3 Å². The van der Waals surface area contributed by atoms with Crippen molar-refractivity contribution in [2.75, 3.05) is 5.32 Å². The van der Waals surface area contributed by atoms with E-state index in [1.807, 2.05) is 24.3 Å². The molecule has 0 saturated heterocycles. The molecule has 0 bridgehead atoms. The molecule has 4 heteroatoms. The van der Waals surface area contributed by atoms with Crippen LogP contribution < -0.4 is 10.1 Å². The third-order valence-corrected chi connectivity index (χ3v) is 5.69. The van der Waals surface area contributed by atoms with Crippen LogP contribution in [0.3, 0.4) is 0 Å². The van der Waals surface area contributed by atoms with Gasteiger partial charge in [0.05, 0.1) is 0 Å². The van der Waals surface area contributed by atoms with Crippen LogP contribution in [-0.4, -0.2) is 0 Å². The fourth-order valence-corrected chi connectivity index (χ4v) is 3.99. The van der Waals surface area contributed by atoms with Gasteiger partial charge in [0.25, 0.3) is 0 Å². The summed E-state index contributed by atoms with van der Waals surface area (Å²) in [5, 5.41) is 6.71. The zero-order valence-corrected chi connectivity index (χ0v) is 18.4. The van der Waals surface area contributed by atoms with E-state index in [0.29, 0.717) is 13.2 Å². The monoisotopic (exact) mass is 465 g/mol. The van der Waals surface area contributed by atoms with Crippen molar-refractivity contribution >= 4 is 44.0 Å². The minimum absolute atomic E-state index is 0.500. The first-order chi connectivity index (χ1) is 14.1. The van der Waals surface area contributed by atoms with Crippen LogP contribution in [0.4, 0.5) is 5.69 Å². The van der Waals surface area contributed by atoms with E-state index in [1.165, 1.54) is 16.3 Å². The van der Waals surface area contributed by atoms with Crippen molar-refractivity contribution in [2.24, 2.45) is 0 Å². The fraction of sp³-hybridized carbons (Fsp3) is 0.120. The van der Waals surface area contributed by atoms with Crippen LogP contribution in [-0.2, 0) is 13.2 Å². The van der Waals surface area contributed by atoms with Crippen molar-refractivity contribution < 1.29 is 4.74 Å². The van der Waals surface area contributed by atoms with Gasteiger partial charge < -0.3 is 10.1 Å². The van der Waals surface area contributed by atoms with Gasteiger partial charge in [0.2, 0.25) is 0 Å². The van der Waals surface area contributed by atoms with Gasteiger partial charge in [-0.2, -0.15) is 0 Å². The molecule has 0 heterocycles. The molecule has 0 aliphatic rings. The number of hydrogen-bond acceptors (Lipinski definition) is 2. The van der Waals surface area contributed by atoms with E-state index in [4.69, 9.17) is 16.3 Å². The molecule has 0 unspecified atom stereocenters. The maximum absolute atomic E-state index is 6.22. The molecule has 0 aromatic heterocycles. The standard InChI is InChI=1S/C25H21BrClNO/c1-17-14-20(26)9-12-24(17)28-15-23-22-5-3-2-4-19(22)8-13-25(23)29-16-18-6-10-21(27)11-7-18/h2-14,28H,15-16H2,1H3. The van der Waals surface area contributed by atoms with Crippen LogP contribution in [0.1, 0.15) is 16.7 Å². The number of halogens is 2. The molecule has 0 fully saturated rings. The summed E-state index contributed by atoms with van der Waals surface area (Å²) in [6.07, 6.45) is 0. The Balaban J connectivity index is 1.62. The summed E-state index contributed by atoms with van der Waals surface area (Å²) < 4.78 is 7.30. The summed E-state index contributed by atoms with van der Waals surface area (Å²) in [6, 6.07) is 26.6. The molecule has 4 aromatic carbocycles. The number of ether oxygens (including phenoxy) is 1. The second-order valence-electron chi connectivity index (χ2n) is 6.99. The summed E-state index contributed by atoms with van der Waals surface area (Å²) in [5.41, 5.74) is 4.55. The van der Waals surface area contributed by atoms with Crippen LogP contribution in [0.2, 0.25) is 5.02 Å². The van der Waals surface area contributed by atoms with Crippen molar-refractivity contribution in [1.29, 1.82) is 0 Å². The molecular weight excluding hydrogens is 446 g/mol. The fourth-order valence-electron chi connectivity index (χ4n) is 3.38. The minimum Gasteiger partial charge on any atom is -0.489 e. The first-order valence-corrected chi connectivity index (χ1v) is 10.6. The summed E-state index contributed by atoms with van der Waals surface area (Å²) in [6.45, 7) is 3.29. The Labute approximate surface area is 184 Å². The highest BCUT2D eigenvalue weighted by molar-refractivity contribution is 9.10. The lowest BCUT2D eigenvalue weighted by Crippen LogP contribution is -2.05. The Morgan fingerprint density at radius 3 is 2.52 bits per heavy atom. The first kappa shape index (κ1) is 19.8. The second-order valence-corrected chi connectivity index (χ2v) is 8.34. The lowest BCUT2D eigenvalue weighted by molar-refractivity contribution is 0.304. The average Bonchev–Trinajstić information content (AvgIpc) is 2.73. The number of anilines is 1. The third kappa shape index (κ3) is 4.75. The molecule has 29 heavy (non-hydrogen) atoms. The molecule has 0 aliphatic carbocycles. The molecule has 146 valence electrons. The highest BCUT2D eigenvalue weighted by Gasteiger charge is 2.10. The summed E-state index contributed by atoms with van der Waals surface area (Å²) in [7, 11) is 0. The largest absolute Gasteiger partial charge is 0.489 e. The molecule has 4 aromatic rings. The van der Waals surface area contributed by atoms with E-state index in [-0.39, 0.29) is 0 Å². The predicted molar refractivity (Wildman–Crippen MR) is 126 cm³/mol. The van der Waals surface area contributed by atoms with E-state index in [0.717, 1.165) is 32.1 Å². The Hall–Kier alpha value is -2.49. The lowest BCUT2D eigenvalue weighted by Gasteiger charge is -2.17. The quantitative estimate of drug-likeness (QED) is 0.313. The van der Waals surface area contributed by atoms with Gasteiger partial charge >= 0.3 is 0 Å². The van der Waals surface area contributed by atoms with Crippen molar-refractivity contribution in [3.63, 3.8) is 0 Å². The molecule has 0 radical (unpaired) electrons. The van der Waals surface area contributed by atoms with Gasteiger partial charge in [-0.25, -0.2) is 0 Å². The summed E-state index contributed by atoms with van der Waals surface area (Å²) in [5.74, 6) is 0.890. The zero-order chi connectivity index (χ0) is 20.2. The number of hydrogen-bond donors (Lipinski definition) is 1. The second kappa shape index (κ2) is 8.89. The summed E-state index contributed by atoms with van der Waals surface area (Å²) >= 11 is 9.52. The molecule has 2 nitrogen and oxygen atoms in total. The smallest absolute Gasteiger partial charge is 0.125 e. The maximum Gasteiger partial charge on any atom is 0.125 e. The Kier molecular flexibility index (Phi) is 6.08. The number of fused-ring (bicyclic) bond motifs is 1. The van der Waals surface area contributed by atoms with E-state index >= 15 is 0 Å². The Bertz CT molecular complexity index is 1140. The average molecular weight is 467 g/mol. The Morgan fingerprint density at radius 2 is 1.72 bits per heavy atom. The van der Waals surface area contributed by atoms with E-state index in [2.05, 4.69) is 82.8 Å². The maximum atomic E-state index is 6.22. The van der Waals surface area contributed by atoms with E-state index < -0.39 is 0 Å². The van der Waals surface area contributed by atoms with Gasteiger partial charge in [-0.3, -0.25) is 0 Å². The van der Waals surface area contributed by atoms with Crippen LogP contribution in [0, 0.1) is 6.92 Å². The normalized spacial score (nSPS) is 10.9. The van der Waals surface area contributed by atoms with Crippen molar-refractivity contribution in [3.8, 4) is 5.75 Å². The SMILES string of the molecule is Cc1cc(Br)ccc1NCc1c(OCc2ccc(Cl)cc2)ccc2ccccc12. The van der Waals surface area contributed by atoms with E-state index in [9.17, 15) is 0 Å². The van der Waals surface area contributed by atoms with Crippen LogP contribution >= 0.6 is 27.5 Å².